The molecule has 18 heavy (non-hydrogen) atoms. The van der Waals surface area contributed by atoms with Crippen molar-refractivity contribution in [1.29, 1.82) is 0 Å². The maximum atomic E-state index is 10.8. The molecule has 0 aliphatic carbocycles. The van der Waals surface area contributed by atoms with Crippen molar-refractivity contribution in [3.05, 3.63) is 27.9 Å². The van der Waals surface area contributed by atoms with Crippen LogP contribution in [0.25, 0.3) is 0 Å². The zero-order valence-corrected chi connectivity index (χ0v) is 11.0. The summed E-state index contributed by atoms with van der Waals surface area (Å²) in [5.41, 5.74) is 0.766. The summed E-state index contributed by atoms with van der Waals surface area (Å²) in [5.74, 6) is 0.774. The van der Waals surface area contributed by atoms with Crippen LogP contribution in [0.1, 0.15) is 19.4 Å². The number of hydrogen-bond acceptors (Lipinski definition) is 5. The van der Waals surface area contributed by atoms with Gasteiger partial charge in [-0.15, -0.1) is 0 Å². The molecular formula is C12H19N3O3. The lowest BCUT2D eigenvalue weighted by molar-refractivity contribution is -0.384. The van der Waals surface area contributed by atoms with Crippen molar-refractivity contribution in [2.24, 2.45) is 5.92 Å². The van der Waals surface area contributed by atoms with Crippen LogP contribution < -0.4 is 5.32 Å². The zero-order valence-electron chi connectivity index (χ0n) is 11.0. The first-order chi connectivity index (χ1) is 8.50. The van der Waals surface area contributed by atoms with Crippen LogP contribution in [0.15, 0.2) is 12.3 Å². The summed E-state index contributed by atoms with van der Waals surface area (Å²) in [5, 5.41) is 13.8. The van der Waals surface area contributed by atoms with Gasteiger partial charge in [0.25, 0.3) is 0 Å². The van der Waals surface area contributed by atoms with E-state index >= 15 is 0 Å². The molecule has 0 spiro atoms. The van der Waals surface area contributed by atoms with Crippen molar-refractivity contribution < 1.29 is 9.66 Å². The Balaban J connectivity index is 2.49. The van der Waals surface area contributed by atoms with Gasteiger partial charge in [-0.3, -0.25) is 10.1 Å². The van der Waals surface area contributed by atoms with Crippen molar-refractivity contribution in [2.45, 2.75) is 20.8 Å². The van der Waals surface area contributed by atoms with Crippen LogP contribution in [0.3, 0.4) is 0 Å². The second-order valence-electron chi connectivity index (χ2n) is 4.53. The number of nitrogens with zero attached hydrogens (tertiary/aromatic N) is 2. The minimum Gasteiger partial charge on any atom is -0.379 e. The van der Waals surface area contributed by atoms with E-state index in [0.717, 1.165) is 5.56 Å². The molecule has 0 saturated heterocycles. The van der Waals surface area contributed by atoms with E-state index in [1.165, 1.54) is 6.07 Å². The van der Waals surface area contributed by atoms with Gasteiger partial charge in [0.05, 0.1) is 11.5 Å². The van der Waals surface area contributed by atoms with Gasteiger partial charge in [-0.1, -0.05) is 13.8 Å². The van der Waals surface area contributed by atoms with Gasteiger partial charge >= 0.3 is 5.69 Å². The number of pyridine rings is 1. The number of ether oxygens (including phenoxy) is 1. The van der Waals surface area contributed by atoms with Gasteiger partial charge in [-0.2, -0.15) is 0 Å². The predicted molar refractivity (Wildman–Crippen MR) is 69.8 cm³/mol. The Hall–Kier alpha value is -1.69. The van der Waals surface area contributed by atoms with Crippen molar-refractivity contribution in [2.75, 3.05) is 25.1 Å². The average Bonchev–Trinajstić information content (AvgIpc) is 2.29. The van der Waals surface area contributed by atoms with Crippen molar-refractivity contribution in [3.63, 3.8) is 0 Å². The minimum atomic E-state index is -0.433. The summed E-state index contributed by atoms with van der Waals surface area (Å²) in [7, 11) is 0. The van der Waals surface area contributed by atoms with Crippen LogP contribution in [0.5, 0.6) is 0 Å². The number of aryl methyl sites for hydroxylation is 1. The molecule has 100 valence electrons. The number of aromatic nitrogens is 1. The molecule has 0 bridgehead atoms. The van der Waals surface area contributed by atoms with Crippen LogP contribution in [0, 0.1) is 23.0 Å². The smallest absolute Gasteiger partial charge is 0.311 e. The maximum absolute atomic E-state index is 10.8. The first-order valence-electron chi connectivity index (χ1n) is 5.93. The van der Waals surface area contributed by atoms with E-state index in [-0.39, 0.29) is 5.69 Å². The largest absolute Gasteiger partial charge is 0.379 e. The van der Waals surface area contributed by atoms with Crippen LogP contribution >= 0.6 is 0 Å². The van der Waals surface area contributed by atoms with Crippen molar-refractivity contribution in [1.82, 2.24) is 4.98 Å². The molecule has 0 unspecified atom stereocenters. The second kappa shape index (κ2) is 6.90. The Bertz CT molecular complexity index is 408. The van der Waals surface area contributed by atoms with Crippen molar-refractivity contribution >= 4 is 11.5 Å². The van der Waals surface area contributed by atoms with E-state index < -0.39 is 4.92 Å². The summed E-state index contributed by atoms with van der Waals surface area (Å²) in [6.07, 6.45) is 1.60. The third-order valence-electron chi connectivity index (χ3n) is 2.19. The molecule has 6 heteroatoms. The van der Waals surface area contributed by atoms with E-state index in [1.807, 2.05) is 0 Å². The zero-order chi connectivity index (χ0) is 13.5. The monoisotopic (exact) mass is 253 g/mol. The summed E-state index contributed by atoms with van der Waals surface area (Å²) in [6, 6.07) is 1.50. The van der Waals surface area contributed by atoms with Crippen molar-refractivity contribution in [3.8, 4) is 0 Å². The molecule has 0 radical (unpaired) electrons. The number of nitro groups is 1. The number of rotatable bonds is 7. The number of anilines is 1. The second-order valence-corrected chi connectivity index (χ2v) is 4.53. The number of nitrogens with one attached hydrogen (secondary N) is 1. The maximum Gasteiger partial charge on any atom is 0.311 e. The molecule has 0 amide bonds. The Morgan fingerprint density at radius 3 is 2.89 bits per heavy atom. The van der Waals surface area contributed by atoms with Gasteiger partial charge in [0.2, 0.25) is 5.82 Å². The summed E-state index contributed by atoms with van der Waals surface area (Å²) in [4.78, 5) is 14.4. The molecular weight excluding hydrogens is 234 g/mol. The molecule has 1 aromatic heterocycles. The molecule has 0 fully saturated rings. The van der Waals surface area contributed by atoms with Gasteiger partial charge in [-0.05, 0) is 18.4 Å². The van der Waals surface area contributed by atoms with E-state index in [2.05, 4.69) is 24.1 Å². The van der Waals surface area contributed by atoms with Gasteiger partial charge in [0.15, 0.2) is 0 Å². The van der Waals surface area contributed by atoms with E-state index in [4.69, 9.17) is 4.74 Å². The minimum absolute atomic E-state index is 0.00106. The molecule has 0 aromatic carbocycles. The molecule has 6 nitrogen and oxygen atoms in total. The average molecular weight is 253 g/mol. The highest BCUT2D eigenvalue weighted by Gasteiger charge is 2.14. The van der Waals surface area contributed by atoms with Gasteiger partial charge < -0.3 is 10.1 Å². The third kappa shape index (κ3) is 4.67. The molecule has 1 rings (SSSR count). The van der Waals surface area contributed by atoms with Gasteiger partial charge in [0.1, 0.15) is 0 Å². The predicted octanol–water partition coefficient (Wildman–Crippen LogP) is 2.38. The molecule has 0 aliphatic heterocycles. The Labute approximate surface area is 107 Å². The topological polar surface area (TPSA) is 77.3 Å². The first kappa shape index (κ1) is 14.4. The summed E-state index contributed by atoms with van der Waals surface area (Å²) < 4.78 is 5.38. The lowest BCUT2D eigenvalue weighted by atomic mass is 10.2. The van der Waals surface area contributed by atoms with Gasteiger partial charge in [-0.25, -0.2) is 4.98 Å². The fraction of sp³-hybridized carbons (Fsp3) is 0.583. The standard InChI is InChI=1S/C12H19N3O3/c1-9(2)8-18-5-4-13-12-11(15(16)17)6-10(3)7-14-12/h6-7,9H,4-5,8H2,1-3H3,(H,13,14). The molecule has 0 saturated carbocycles. The highest BCUT2D eigenvalue weighted by Crippen LogP contribution is 2.21. The summed E-state index contributed by atoms with van der Waals surface area (Å²) in [6.45, 7) is 7.61. The lowest BCUT2D eigenvalue weighted by Gasteiger charge is -2.08. The van der Waals surface area contributed by atoms with Crippen LogP contribution in [-0.2, 0) is 4.74 Å². The van der Waals surface area contributed by atoms with Crippen LogP contribution in [-0.4, -0.2) is 29.7 Å². The molecule has 1 N–H and O–H groups in total. The molecule has 1 heterocycles. The third-order valence-corrected chi connectivity index (χ3v) is 2.19. The SMILES string of the molecule is Cc1cnc(NCCOCC(C)C)c([N+](=O)[O-])c1. The first-order valence-corrected chi connectivity index (χ1v) is 5.93. The van der Waals surface area contributed by atoms with Crippen LogP contribution in [0.2, 0.25) is 0 Å². The van der Waals surface area contributed by atoms with E-state index in [9.17, 15) is 10.1 Å². The van der Waals surface area contributed by atoms with Gasteiger partial charge in [0, 0.05) is 25.4 Å². The lowest BCUT2D eigenvalue weighted by Crippen LogP contribution is -2.13. The normalized spacial score (nSPS) is 10.7. The molecule has 0 aliphatic rings. The summed E-state index contributed by atoms with van der Waals surface area (Å²) >= 11 is 0. The van der Waals surface area contributed by atoms with E-state index in [0.29, 0.717) is 31.5 Å². The van der Waals surface area contributed by atoms with E-state index in [1.54, 1.807) is 13.1 Å². The molecule has 1 aromatic rings. The molecule has 0 atom stereocenters. The number of hydrogen-bond donors (Lipinski definition) is 1. The Kier molecular flexibility index (Phi) is 5.51. The Morgan fingerprint density at radius 1 is 1.56 bits per heavy atom. The highest BCUT2D eigenvalue weighted by atomic mass is 16.6. The highest BCUT2D eigenvalue weighted by molar-refractivity contribution is 5.56. The van der Waals surface area contributed by atoms with Crippen LogP contribution in [0.4, 0.5) is 11.5 Å². The fourth-order valence-corrected chi connectivity index (χ4v) is 1.39. The quantitative estimate of drug-likeness (QED) is 0.458. The fourth-order valence-electron chi connectivity index (χ4n) is 1.39. The Morgan fingerprint density at radius 2 is 2.28 bits per heavy atom.